The molecule has 1 aromatic heterocycles. The molecule has 0 unspecified atom stereocenters. The van der Waals surface area contributed by atoms with Crippen molar-refractivity contribution in [1.82, 2.24) is 20.4 Å². The molecule has 0 radical (unpaired) electrons. The minimum Gasteiger partial charge on any atom is -0.444 e. The zero-order valence-corrected chi connectivity index (χ0v) is 13.5. The topological polar surface area (TPSA) is 92.9 Å². The Morgan fingerprint density at radius 1 is 1.45 bits per heavy atom. The molecule has 8 nitrogen and oxygen atoms in total. The Labute approximate surface area is 129 Å². The van der Waals surface area contributed by atoms with E-state index in [4.69, 9.17) is 9.26 Å². The quantitative estimate of drug-likeness (QED) is 0.900. The molecule has 2 rings (SSSR count). The van der Waals surface area contributed by atoms with Gasteiger partial charge in [-0.2, -0.15) is 4.98 Å². The zero-order chi connectivity index (χ0) is 16.2. The highest BCUT2D eigenvalue weighted by atomic mass is 16.6. The summed E-state index contributed by atoms with van der Waals surface area (Å²) in [5.74, 6) is 1.99. The average Bonchev–Trinajstić information content (AvgIpc) is 2.83. The first-order valence-electron chi connectivity index (χ1n) is 7.38. The number of rotatable bonds is 3. The maximum Gasteiger partial charge on any atom is 0.410 e. The molecule has 0 saturated carbocycles. The molecule has 22 heavy (non-hydrogen) atoms. The van der Waals surface area contributed by atoms with E-state index >= 15 is 0 Å². The number of ether oxygens (including phenoxy) is 1. The summed E-state index contributed by atoms with van der Waals surface area (Å²) in [6.07, 6.45) is 0.306. The summed E-state index contributed by atoms with van der Waals surface area (Å²) in [5, 5.41) is 6.94. The van der Waals surface area contributed by atoms with Crippen LogP contribution in [0, 0.1) is 6.92 Å². The number of amidine groups is 1. The largest absolute Gasteiger partial charge is 0.444 e. The summed E-state index contributed by atoms with van der Waals surface area (Å²) >= 11 is 0. The van der Waals surface area contributed by atoms with Gasteiger partial charge >= 0.3 is 6.09 Å². The van der Waals surface area contributed by atoms with Crippen LogP contribution in [0.3, 0.4) is 0 Å². The minimum atomic E-state index is -0.491. The number of nitrogens with zero attached hydrogens (tertiary/aromatic N) is 4. The molecule has 0 bridgehead atoms. The van der Waals surface area contributed by atoms with Gasteiger partial charge < -0.3 is 14.6 Å². The van der Waals surface area contributed by atoms with Crippen LogP contribution in [0.15, 0.2) is 9.52 Å². The lowest BCUT2D eigenvalue weighted by molar-refractivity contribution is 0.0276. The van der Waals surface area contributed by atoms with Gasteiger partial charge in [0.25, 0.3) is 0 Å². The third kappa shape index (κ3) is 5.01. The van der Waals surface area contributed by atoms with Gasteiger partial charge in [-0.15, -0.1) is 0 Å². The summed E-state index contributed by atoms with van der Waals surface area (Å²) in [6.45, 7) is 9.55. The van der Waals surface area contributed by atoms with E-state index in [1.165, 1.54) is 0 Å². The van der Waals surface area contributed by atoms with E-state index < -0.39 is 5.60 Å². The van der Waals surface area contributed by atoms with Crippen LogP contribution in [-0.4, -0.2) is 58.7 Å². The van der Waals surface area contributed by atoms with Gasteiger partial charge in [-0.3, -0.25) is 9.89 Å². The molecule has 0 fully saturated rings. The lowest BCUT2D eigenvalue weighted by Crippen LogP contribution is -2.47. The average molecular weight is 309 g/mol. The summed E-state index contributed by atoms with van der Waals surface area (Å²) in [7, 11) is 0. The van der Waals surface area contributed by atoms with Crippen LogP contribution in [0.5, 0.6) is 0 Å². The standard InChI is InChI=1S/C14H23N5O3/c1-10-17-12(22-18-10)5-6-15-11-9-19(8-7-16-11)13(20)21-14(2,3)4/h5-9H2,1-4H3,(H,15,16). The number of carbonyl (C=O) groups is 1. The number of aliphatic imine (C=N–C) groups is 1. The molecule has 122 valence electrons. The number of aryl methyl sites for hydroxylation is 1. The highest BCUT2D eigenvalue weighted by Crippen LogP contribution is 2.11. The summed E-state index contributed by atoms with van der Waals surface area (Å²) in [4.78, 5) is 22.2. The molecule has 0 spiro atoms. The van der Waals surface area contributed by atoms with Crippen molar-refractivity contribution >= 4 is 11.9 Å². The van der Waals surface area contributed by atoms with Gasteiger partial charge in [0.1, 0.15) is 11.4 Å². The Morgan fingerprint density at radius 3 is 2.86 bits per heavy atom. The van der Waals surface area contributed by atoms with E-state index in [0.29, 0.717) is 44.3 Å². The van der Waals surface area contributed by atoms with Gasteiger partial charge in [0.15, 0.2) is 5.82 Å². The van der Waals surface area contributed by atoms with Crippen molar-refractivity contribution in [3.63, 3.8) is 0 Å². The molecule has 1 aromatic rings. The van der Waals surface area contributed by atoms with Crippen LogP contribution in [0.4, 0.5) is 4.79 Å². The third-order valence-electron chi connectivity index (χ3n) is 2.90. The van der Waals surface area contributed by atoms with Gasteiger partial charge in [-0.25, -0.2) is 4.79 Å². The van der Waals surface area contributed by atoms with Crippen LogP contribution >= 0.6 is 0 Å². The Hall–Kier alpha value is -2.12. The van der Waals surface area contributed by atoms with Crippen LogP contribution in [-0.2, 0) is 11.2 Å². The first-order valence-corrected chi connectivity index (χ1v) is 7.38. The predicted molar refractivity (Wildman–Crippen MR) is 80.9 cm³/mol. The first kappa shape index (κ1) is 16.3. The first-order chi connectivity index (χ1) is 10.3. The molecule has 8 heteroatoms. The highest BCUT2D eigenvalue weighted by Gasteiger charge is 2.24. The molecule has 1 amide bonds. The monoisotopic (exact) mass is 309 g/mol. The lowest BCUT2D eigenvalue weighted by Gasteiger charge is -2.29. The van der Waals surface area contributed by atoms with Gasteiger partial charge in [-0.1, -0.05) is 5.16 Å². The molecular weight excluding hydrogens is 286 g/mol. The molecule has 0 atom stereocenters. The maximum absolute atomic E-state index is 12.0. The van der Waals surface area contributed by atoms with E-state index in [1.807, 2.05) is 20.8 Å². The molecular formula is C14H23N5O3. The smallest absolute Gasteiger partial charge is 0.410 e. The fourth-order valence-electron chi connectivity index (χ4n) is 1.96. The van der Waals surface area contributed by atoms with Crippen LogP contribution in [0.1, 0.15) is 32.5 Å². The Morgan fingerprint density at radius 2 is 2.23 bits per heavy atom. The fraction of sp³-hybridized carbons (Fsp3) is 0.714. The molecule has 0 aromatic carbocycles. The van der Waals surface area contributed by atoms with E-state index in [-0.39, 0.29) is 6.09 Å². The Bertz CT molecular complexity index is 547. The second-order valence-electron chi connectivity index (χ2n) is 6.14. The van der Waals surface area contributed by atoms with Crippen molar-refractivity contribution in [2.75, 3.05) is 26.2 Å². The van der Waals surface area contributed by atoms with Crippen LogP contribution < -0.4 is 5.32 Å². The van der Waals surface area contributed by atoms with Gasteiger partial charge in [0.05, 0.1) is 13.1 Å². The second kappa shape index (κ2) is 6.76. The SMILES string of the molecule is Cc1noc(CCNC2=NCCN(C(=O)OC(C)(C)C)C2)n1. The molecule has 1 aliphatic rings. The summed E-state index contributed by atoms with van der Waals surface area (Å²) in [5.41, 5.74) is -0.491. The molecule has 1 N–H and O–H groups in total. The normalized spacial score (nSPS) is 15.5. The van der Waals surface area contributed by atoms with Crippen molar-refractivity contribution in [1.29, 1.82) is 0 Å². The Balaban J connectivity index is 1.78. The van der Waals surface area contributed by atoms with Gasteiger partial charge in [0, 0.05) is 19.5 Å². The maximum atomic E-state index is 12.0. The van der Waals surface area contributed by atoms with E-state index in [2.05, 4.69) is 20.4 Å². The number of hydrogen-bond acceptors (Lipinski definition) is 7. The third-order valence-corrected chi connectivity index (χ3v) is 2.90. The fourth-order valence-corrected chi connectivity index (χ4v) is 1.96. The molecule has 2 heterocycles. The van der Waals surface area contributed by atoms with Gasteiger partial charge in [0.2, 0.25) is 5.89 Å². The van der Waals surface area contributed by atoms with Crippen molar-refractivity contribution < 1.29 is 14.1 Å². The highest BCUT2D eigenvalue weighted by molar-refractivity contribution is 5.87. The predicted octanol–water partition coefficient (Wildman–Crippen LogP) is 1.16. The number of aromatic nitrogens is 2. The summed E-state index contributed by atoms with van der Waals surface area (Å²) in [6, 6.07) is 0. The lowest BCUT2D eigenvalue weighted by atomic mass is 10.2. The number of carbonyl (C=O) groups excluding carboxylic acids is 1. The molecule has 0 saturated heterocycles. The van der Waals surface area contributed by atoms with Gasteiger partial charge in [-0.05, 0) is 27.7 Å². The Kier molecular flexibility index (Phi) is 4.99. The number of hydrogen-bond donors (Lipinski definition) is 1. The zero-order valence-electron chi connectivity index (χ0n) is 13.5. The molecule has 1 aliphatic heterocycles. The van der Waals surface area contributed by atoms with Crippen molar-refractivity contribution in [3.05, 3.63) is 11.7 Å². The van der Waals surface area contributed by atoms with Crippen molar-refractivity contribution in [3.8, 4) is 0 Å². The second-order valence-corrected chi connectivity index (χ2v) is 6.14. The summed E-state index contributed by atoms with van der Waals surface area (Å²) < 4.78 is 10.4. The molecule has 0 aliphatic carbocycles. The van der Waals surface area contributed by atoms with Crippen LogP contribution in [0.25, 0.3) is 0 Å². The van der Waals surface area contributed by atoms with E-state index in [0.717, 1.165) is 5.84 Å². The number of amides is 1. The van der Waals surface area contributed by atoms with Crippen molar-refractivity contribution in [2.45, 2.75) is 39.7 Å². The minimum absolute atomic E-state index is 0.311. The van der Waals surface area contributed by atoms with E-state index in [1.54, 1.807) is 11.8 Å². The van der Waals surface area contributed by atoms with Crippen LogP contribution in [0.2, 0.25) is 0 Å². The van der Waals surface area contributed by atoms with Crippen molar-refractivity contribution in [2.24, 2.45) is 4.99 Å². The van der Waals surface area contributed by atoms with E-state index in [9.17, 15) is 4.79 Å². The number of nitrogens with one attached hydrogen (secondary N) is 1.